The summed E-state index contributed by atoms with van der Waals surface area (Å²) in [7, 11) is 0. The van der Waals surface area contributed by atoms with Crippen molar-refractivity contribution in [2.45, 2.75) is 25.7 Å². The van der Waals surface area contributed by atoms with Crippen molar-refractivity contribution < 1.29 is 14.5 Å². The molecule has 9 nitrogen and oxygen atoms in total. The largest absolute Gasteiger partial charge is 0.379 e. The van der Waals surface area contributed by atoms with Crippen LogP contribution in [0.1, 0.15) is 25.7 Å². The van der Waals surface area contributed by atoms with Crippen LogP contribution in [-0.2, 0) is 9.59 Å². The minimum Gasteiger partial charge on any atom is -0.379 e. The van der Waals surface area contributed by atoms with Gasteiger partial charge in [0.2, 0.25) is 11.8 Å². The molecule has 0 bridgehead atoms. The summed E-state index contributed by atoms with van der Waals surface area (Å²) in [6.07, 6.45) is 3.66. The number of carbonyl (C=O) groups is 2. The van der Waals surface area contributed by atoms with Gasteiger partial charge >= 0.3 is 0 Å². The molecule has 0 spiro atoms. The molecule has 1 aromatic rings. The predicted octanol–water partition coefficient (Wildman–Crippen LogP) is 1.55. The molecule has 2 heterocycles. The average Bonchev–Trinajstić information content (AvgIpc) is 2.75. The Hall–Kier alpha value is -2.68. The first-order valence-corrected chi connectivity index (χ1v) is 10.3. The molecule has 0 unspecified atom stereocenters. The molecule has 2 fully saturated rings. The zero-order valence-corrected chi connectivity index (χ0v) is 16.7. The minimum absolute atomic E-state index is 0.00642. The van der Waals surface area contributed by atoms with Crippen molar-refractivity contribution in [3.05, 3.63) is 34.4 Å². The normalized spacial score (nSPS) is 17.8. The molecule has 0 aromatic heterocycles. The van der Waals surface area contributed by atoms with Crippen molar-refractivity contribution >= 4 is 23.2 Å². The standard InChI is InChI=1S/C20H29N5O4/c26-19(8-9-21-17-6-2-3-7-18(17)25(28)29)24-14-12-22(13-15-24)16-20(27)23-10-4-1-5-11-23/h2-3,6-7,21H,1,4-5,8-16H2. The van der Waals surface area contributed by atoms with Gasteiger partial charge in [0, 0.05) is 58.3 Å². The summed E-state index contributed by atoms with van der Waals surface area (Å²) in [5.41, 5.74) is 0.429. The Morgan fingerprint density at radius 1 is 0.931 bits per heavy atom. The van der Waals surface area contributed by atoms with E-state index in [1.807, 2.05) is 9.80 Å². The number of nitro groups is 1. The number of piperidine rings is 1. The number of hydrogen-bond donors (Lipinski definition) is 1. The van der Waals surface area contributed by atoms with Crippen molar-refractivity contribution in [3.63, 3.8) is 0 Å². The fourth-order valence-electron chi connectivity index (χ4n) is 3.83. The molecular weight excluding hydrogens is 374 g/mol. The van der Waals surface area contributed by atoms with Crippen LogP contribution in [0.15, 0.2) is 24.3 Å². The zero-order valence-electron chi connectivity index (χ0n) is 16.7. The summed E-state index contributed by atoms with van der Waals surface area (Å²) in [4.78, 5) is 41.3. The number of nitro benzene ring substituents is 1. The lowest BCUT2D eigenvalue weighted by molar-refractivity contribution is -0.384. The van der Waals surface area contributed by atoms with Crippen molar-refractivity contribution in [3.8, 4) is 0 Å². The lowest BCUT2D eigenvalue weighted by atomic mass is 10.1. The molecule has 29 heavy (non-hydrogen) atoms. The molecule has 0 radical (unpaired) electrons. The van der Waals surface area contributed by atoms with Crippen LogP contribution in [0.4, 0.5) is 11.4 Å². The Morgan fingerprint density at radius 3 is 2.28 bits per heavy atom. The Kier molecular flexibility index (Phi) is 7.40. The van der Waals surface area contributed by atoms with Crippen LogP contribution in [-0.4, -0.2) is 83.8 Å². The van der Waals surface area contributed by atoms with Crippen LogP contribution in [0.3, 0.4) is 0 Å². The van der Waals surface area contributed by atoms with Crippen molar-refractivity contribution in [2.75, 3.05) is 57.7 Å². The Morgan fingerprint density at radius 2 is 1.59 bits per heavy atom. The summed E-state index contributed by atoms with van der Waals surface area (Å²) in [6, 6.07) is 6.42. The number of amides is 2. The van der Waals surface area contributed by atoms with E-state index in [9.17, 15) is 19.7 Å². The molecule has 2 aliphatic rings. The number of likely N-dealkylation sites (tertiary alicyclic amines) is 1. The fourth-order valence-corrected chi connectivity index (χ4v) is 3.83. The van der Waals surface area contributed by atoms with E-state index in [0.717, 1.165) is 25.9 Å². The average molecular weight is 403 g/mol. The number of nitrogens with zero attached hydrogens (tertiary/aromatic N) is 4. The molecule has 2 aliphatic heterocycles. The molecule has 0 aliphatic carbocycles. The highest BCUT2D eigenvalue weighted by molar-refractivity contribution is 5.79. The highest BCUT2D eigenvalue weighted by Gasteiger charge is 2.24. The number of carbonyl (C=O) groups excluding carboxylic acids is 2. The quantitative estimate of drug-likeness (QED) is 0.548. The van der Waals surface area contributed by atoms with Gasteiger partial charge in [-0.3, -0.25) is 24.6 Å². The van der Waals surface area contributed by atoms with Crippen molar-refractivity contribution in [2.24, 2.45) is 0 Å². The fraction of sp³-hybridized carbons (Fsp3) is 0.600. The maximum Gasteiger partial charge on any atom is 0.292 e. The molecule has 1 N–H and O–H groups in total. The van der Waals surface area contributed by atoms with E-state index in [1.165, 1.54) is 12.5 Å². The van der Waals surface area contributed by atoms with Gasteiger partial charge in [0.1, 0.15) is 5.69 Å². The third-order valence-corrected chi connectivity index (χ3v) is 5.55. The number of nitrogens with one attached hydrogen (secondary N) is 1. The van der Waals surface area contributed by atoms with Gasteiger partial charge in [-0.25, -0.2) is 0 Å². The second-order valence-corrected chi connectivity index (χ2v) is 7.55. The van der Waals surface area contributed by atoms with E-state index in [4.69, 9.17) is 0 Å². The lowest BCUT2D eigenvalue weighted by Gasteiger charge is -2.36. The highest BCUT2D eigenvalue weighted by atomic mass is 16.6. The molecule has 0 atom stereocenters. The number of rotatable bonds is 7. The molecule has 158 valence electrons. The van der Waals surface area contributed by atoms with Crippen LogP contribution < -0.4 is 5.32 Å². The number of benzene rings is 1. The van der Waals surface area contributed by atoms with Gasteiger partial charge in [0.05, 0.1) is 11.5 Å². The summed E-state index contributed by atoms with van der Waals surface area (Å²) in [6.45, 7) is 5.12. The van der Waals surface area contributed by atoms with Gasteiger partial charge in [-0.1, -0.05) is 12.1 Å². The minimum atomic E-state index is -0.436. The summed E-state index contributed by atoms with van der Waals surface area (Å²) in [5, 5.41) is 14.0. The van der Waals surface area contributed by atoms with Gasteiger partial charge in [-0.05, 0) is 25.3 Å². The second kappa shape index (κ2) is 10.2. The third-order valence-electron chi connectivity index (χ3n) is 5.55. The number of piperazine rings is 1. The maximum atomic E-state index is 12.4. The maximum absolute atomic E-state index is 12.4. The molecule has 9 heteroatoms. The second-order valence-electron chi connectivity index (χ2n) is 7.55. The van der Waals surface area contributed by atoms with Crippen LogP contribution in [0.2, 0.25) is 0 Å². The Balaban J connectivity index is 1.38. The van der Waals surface area contributed by atoms with Gasteiger partial charge < -0.3 is 15.1 Å². The van der Waals surface area contributed by atoms with Crippen LogP contribution in [0.5, 0.6) is 0 Å². The van der Waals surface area contributed by atoms with Crippen LogP contribution in [0.25, 0.3) is 0 Å². The van der Waals surface area contributed by atoms with Crippen LogP contribution in [0, 0.1) is 10.1 Å². The monoisotopic (exact) mass is 403 g/mol. The van der Waals surface area contributed by atoms with Crippen LogP contribution >= 0.6 is 0 Å². The Labute approximate surface area is 170 Å². The van der Waals surface area contributed by atoms with E-state index in [0.29, 0.717) is 45.0 Å². The summed E-state index contributed by atoms with van der Waals surface area (Å²) in [5.74, 6) is 0.219. The van der Waals surface area contributed by atoms with Gasteiger partial charge in [-0.2, -0.15) is 0 Å². The SMILES string of the molecule is O=C(CCNc1ccccc1[N+](=O)[O-])N1CCN(CC(=O)N2CCCCC2)CC1. The smallest absolute Gasteiger partial charge is 0.292 e. The molecule has 3 rings (SSSR count). The topological polar surface area (TPSA) is 99.0 Å². The van der Waals surface area contributed by atoms with Crippen molar-refractivity contribution in [1.29, 1.82) is 0 Å². The number of hydrogen-bond acceptors (Lipinski definition) is 6. The molecular formula is C20H29N5O4. The van der Waals surface area contributed by atoms with Gasteiger partial charge in [-0.15, -0.1) is 0 Å². The Bertz CT molecular complexity index is 727. The summed E-state index contributed by atoms with van der Waals surface area (Å²) >= 11 is 0. The number of anilines is 1. The van der Waals surface area contributed by atoms with E-state index in [-0.39, 0.29) is 23.9 Å². The first-order chi connectivity index (χ1) is 14.0. The van der Waals surface area contributed by atoms with Gasteiger partial charge in [0.15, 0.2) is 0 Å². The predicted molar refractivity (Wildman–Crippen MR) is 110 cm³/mol. The molecule has 0 saturated carbocycles. The molecule has 1 aromatic carbocycles. The lowest BCUT2D eigenvalue weighted by Crippen LogP contribution is -2.52. The highest BCUT2D eigenvalue weighted by Crippen LogP contribution is 2.23. The van der Waals surface area contributed by atoms with E-state index < -0.39 is 4.92 Å². The van der Waals surface area contributed by atoms with E-state index in [1.54, 1.807) is 18.2 Å². The zero-order chi connectivity index (χ0) is 20.6. The first kappa shape index (κ1) is 21.0. The number of para-hydroxylation sites is 2. The van der Waals surface area contributed by atoms with Crippen molar-refractivity contribution in [1.82, 2.24) is 14.7 Å². The van der Waals surface area contributed by atoms with E-state index >= 15 is 0 Å². The summed E-state index contributed by atoms with van der Waals surface area (Å²) < 4.78 is 0. The molecule has 2 saturated heterocycles. The molecule has 2 amide bonds. The van der Waals surface area contributed by atoms with E-state index in [2.05, 4.69) is 10.2 Å². The first-order valence-electron chi connectivity index (χ1n) is 10.3. The van der Waals surface area contributed by atoms with Gasteiger partial charge in [0.25, 0.3) is 5.69 Å². The third kappa shape index (κ3) is 5.90.